The van der Waals surface area contributed by atoms with E-state index >= 15 is 0 Å². The monoisotopic (exact) mass is 260 g/mol. The van der Waals surface area contributed by atoms with Crippen LogP contribution < -0.4 is 9.47 Å². The minimum Gasteiger partial charge on any atom is -0.497 e. The number of methoxy groups -OCH3 is 1. The van der Waals surface area contributed by atoms with Crippen molar-refractivity contribution in [2.45, 2.75) is 6.10 Å². The molecule has 0 spiro atoms. The second kappa shape index (κ2) is 5.88. The van der Waals surface area contributed by atoms with Gasteiger partial charge in [-0.1, -0.05) is 15.9 Å². The maximum atomic E-state index is 9.22. The van der Waals surface area contributed by atoms with Gasteiger partial charge in [0.05, 0.1) is 13.2 Å². The van der Waals surface area contributed by atoms with Gasteiger partial charge in [-0.3, -0.25) is 0 Å². The van der Waals surface area contributed by atoms with Crippen molar-refractivity contribution in [3.05, 3.63) is 24.3 Å². The van der Waals surface area contributed by atoms with Crippen molar-refractivity contribution in [1.29, 1.82) is 0 Å². The van der Waals surface area contributed by atoms with E-state index in [4.69, 9.17) is 9.47 Å². The zero-order valence-corrected chi connectivity index (χ0v) is 9.53. The third-order valence-electron chi connectivity index (χ3n) is 1.68. The molecule has 78 valence electrons. The van der Waals surface area contributed by atoms with Crippen LogP contribution in [0.1, 0.15) is 0 Å². The molecule has 0 aliphatic carbocycles. The highest BCUT2D eigenvalue weighted by atomic mass is 79.9. The van der Waals surface area contributed by atoms with Crippen molar-refractivity contribution in [3.63, 3.8) is 0 Å². The average molecular weight is 261 g/mol. The summed E-state index contributed by atoms with van der Waals surface area (Å²) in [6, 6.07) is 7.24. The predicted molar refractivity (Wildman–Crippen MR) is 58.3 cm³/mol. The smallest absolute Gasteiger partial charge is 0.119 e. The van der Waals surface area contributed by atoms with Crippen molar-refractivity contribution in [2.75, 3.05) is 19.0 Å². The Morgan fingerprint density at radius 1 is 1.29 bits per heavy atom. The van der Waals surface area contributed by atoms with E-state index < -0.39 is 6.10 Å². The van der Waals surface area contributed by atoms with Gasteiger partial charge >= 0.3 is 0 Å². The largest absolute Gasteiger partial charge is 0.497 e. The third-order valence-corrected chi connectivity index (χ3v) is 2.43. The molecule has 0 saturated carbocycles. The van der Waals surface area contributed by atoms with Crippen molar-refractivity contribution < 1.29 is 14.6 Å². The molecule has 3 nitrogen and oxygen atoms in total. The highest BCUT2D eigenvalue weighted by molar-refractivity contribution is 9.09. The molecular formula is C10H13BrO3. The molecule has 14 heavy (non-hydrogen) atoms. The van der Waals surface area contributed by atoms with Crippen LogP contribution in [0.25, 0.3) is 0 Å². The fourth-order valence-electron chi connectivity index (χ4n) is 0.909. The van der Waals surface area contributed by atoms with Crippen LogP contribution in [0.15, 0.2) is 24.3 Å². The molecule has 0 fully saturated rings. The molecule has 0 bridgehead atoms. The molecule has 0 aliphatic heterocycles. The van der Waals surface area contributed by atoms with Crippen LogP contribution in [-0.2, 0) is 0 Å². The van der Waals surface area contributed by atoms with Crippen LogP contribution in [0.5, 0.6) is 11.5 Å². The second-order valence-corrected chi connectivity index (χ2v) is 3.44. The van der Waals surface area contributed by atoms with Gasteiger partial charge in [-0.15, -0.1) is 0 Å². The van der Waals surface area contributed by atoms with Crippen molar-refractivity contribution >= 4 is 15.9 Å². The lowest BCUT2D eigenvalue weighted by Crippen LogP contribution is -2.18. The summed E-state index contributed by atoms with van der Waals surface area (Å²) in [5.41, 5.74) is 0. The first-order chi connectivity index (χ1) is 6.76. The van der Waals surface area contributed by atoms with E-state index in [9.17, 15) is 5.11 Å². The third kappa shape index (κ3) is 3.55. The number of aliphatic hydroxyl groups excluding tert-OH is 1. The molecule has 0 amide bonds. The normalized spacial score (nSPS) is 12.2. The van der Waals surface area contributed by atoms with E-state index in [2.05, 4.69) is 15.9 Å². The van der Waals surface area contributed by atoms with Gasteiger partial charge in [-0.25, -0.2) is 0 Å². The maximum Gasteiger partial charge on any atom is 0.119 e. The standard InChI is InChI=1S/C10H13BrO3/c1-13-9-2-4-10(5-3-9)14-7-8(12)6-11/h2-5,8,12H,6-7H2,1H3. The summed E-state index contributed by atoms with van der Waals surface area (Å²) in [4.78, 5) is 0. The molecule has 1 aromatic carbocycles. The Morgan fingerprint density at radius 2 is 1.86 bits per heavy atom. The van der Waals surface area contributed by atoms with Crippen LogP contribution >= 0.6 is 15.9 Å². The Morgan fingerprint density at radius 3 is 2.36 bits per heavy atom. The quantitative estimate of drug-likeness (QED) is 0.822. The zero-order chi connectivity index (χ0) is 10.4. The van der Waals surface area contributed by atoms with Crippen LogP contribution in [0, 0.1) is 0 Å². The summed E-state index contributed by atoms with van der Waals surface area (Å²) >= 11 is 3.16. The van der Waals surface area contributed by atoms with Crippen LogP contribution in [0.3, 0.4) is 0 Å². The minimum absolute atomic E-state index is 0.289. The molecule has 0 heterocycles. The fourth-order valence-corrected chi connectivity index (χ4v) is 1.10. The molecule has 1 atom stereocenters. The van der Waals surface area contributed by atoms with Crippen molar-refractivity contribution in [2.24, 2.45) is 0 Å². The first kappa shape index (κ1) is 11.3. The van der Waals surface area contributed by atoms with Crippen LogP contribution in [0.2, 0.25) is 0 Å². The van der Waals surface area contributed by atoms with Gasteiger partial charge in [0.15, 0.2) is 0 Å². The Hall–Kier alpha value is -0.740. The number of benzene rings is 1. The summed E-state index contributed by atoms with van der Waals surface area (Å²) in [6.45, 7) is 0.289. The number of ether oxygens (including phenoxy) is 2. The molecule has 1 unspecified atom stereocenters. The summed E-state index contributed by atoms with van der Waals surface area (Å²) in [5, 5.41) is 9.74. The minimum atomic E-state index is -0.475. The van der Waals surface area contributed by atoms with Crippen molar-refractivity contribution in [1.82, 2.24) is 0 Å². The molecule has 1 aromatic rings. The van der Waals surface area contributed by atoms with Crippen molar-refractivity contribution in [3.8, 4) is 11.5 Å². The number of hydrogen-bond donors (Lipinski definition) is 1. The molecular weight excluding hydrogens is 248 g/mol. The predicted octanol–water partition coefficient (Wildman–Crippen LogP) is 1.83. The van der Waals surface area contributed by atoms with E-state index in [1.807, 2.05) is 12.1 Å². The highest BCUT2D eigenvalue weighted by Crippen LogP contribution is 2.17. The van der Waals surface area contributed by atoms with Gasteiger partial charge in [0.25, 0.3) is 0 Å². The maximum absolute atomic E-state index is 9.22. The molecule has 1 rings (SSSR count). The van der Waals surface area contributed by atoms with E-state index in [1.54, 1.807) is 19.2 Å². The average Bonchev–Trinajstić information content (AvgIpc) is 2.26. The number of halogens is 1. The van der Waals surface area contributed by atoms with Gasteiger partial charge in [0.2, 0.25) is 0 Å². The SMILES string of the molecule is COc1ccc(OCC(O)CBr)cc1. The molecule has 0 saturated heterocycles. The Balaban J connectivity index is 2.43. The molecule has 1 N–H and O–H groups in total. The van der Waals surface area contributed by atoms with Gasteiger partial charge in [0, 0.05) is 5.33 Å². The lowest BCUT2D eigenvalue weighted by atomic mass is 10.3. The topological polar surface area (TPSA) is 38.7 Å². The number of rotatable bonds is 5. The molecule has 0 aliphatic rings. The first-order valence-corrected chi connectivity index (χ1v) is 5.39. The number of hydrogen-bond acceptors (Lipinski definition) is 3. The first-order valence-electron chi connectivity index (χ1n) is 4.27. The van der Waals surface area contributed by atoms with Gasteiger partial charge in [-0.2, -0.15) is 0 Å². The summed E-state index contributed by atoms with van der Waals surface area (Å²) in [5.74, 6) is 1.52. The lowest BCUT2D eigenvalue weighted by molar-refractivity contribution is 0.127. The summed E-state index contributed by atoms with van der Waals surface area (Å²) in [7, 11) is 1.62. The Labute approximate surface area is 91.8 Å². The fraction of sp³-hybridized carbons (Fsp3) is 0.400. The Bertz CT molecular complexity index is 261. The van der Waals surface area contributed by atoms with Gasteiger partial charge in [-0.05, 0) is 24.3 Å². The summed E-state index contributed by atoms with van der Waals surface area (Å²) < 4.78 is 10.3. The Kier molecular flexibility index (Phi) is 4.76. The van der Waals surface area contributed by atoms with E-state index in [0.717, 1.165) is 11.5 Å². The van der Waals surface area contributed by atoms with Crippen LogP contribution in [0.4, 0.5) is 0 Å². The van der Waals surface area contributed by atoms with Gasteiger partial charge in [0.1, 0.15) is 18.1 Å². The van der Waals surface area contributed by atoms with E-state index in [1.165, 1.54) is 0 Å². The molecule has 4 heteroatoms. The molecule has 0 radical (unpaired) electrons. The lowest BCUT2D eigenvalue weighted by Gasteiger charge is -2.09. The summed E-state index contributed by atoms with van der Waals surface area (Å²) in [6.07, 6.45) is -0.475. The van der Waals surface area contributed by atoms with E-state index in [-0.39, 0.29) is 6.61 Å². The van der Waals surface area contributed by atoms with Gasteiger partial charge < -0.3 is 14.6 Å². The highest BCUT2D eigenvalue weighted by Gasteiger charge is 2.02. The zero-order valence-electron chi connectivity index (χ0n) is 7.94. The van der Waals surface area contributed by atoms with Crippen LogP contribution in [-0.4, -0.2) is 30.3 Å². The second-order valence-electron chi connectivity index (χ2n) is 2.79. The number of aliphatic hydroxyl groups is 1. The number of alkyl halides is 1. The van der Waals surface area contributed by atoms with E-state index in [0.29, 0.717) is 5.33 Å². The molecule has 0 aromatic heterocycles.